The van der Waals surface area contributed by atoms with Gasteiger partial charge in [-0.2, -0.15) is 0 Å². The van der Waals surface area contributed by atoms with Gasteiger partial charge < -0.3 is 0 Å². The minimum absolute atomic E-state index is 0.0912. The molecule has 0 spiro atoms. The number of para-hydroxylation sites is 8. The van der Waals surface area contributed by atoms with Crippen LogP contribution in [0.1, 0.15) is 0 Å². The van der Waals surface area contributed by atoms with Crippen molar-refractivity contribution in [3.63, 3.8) is 0 Å². The molecule has 0 unspecified atom stereocenters. The Morgan fingerprint density at radius 2 is 0.576 bits per heavy atom. The Labute approximate surface area is 550 Å². The fourth-order valence-electron chi connectivity index (χ4n) is 14.9. The number of anilines is 12. The second kappa shape index (κ2) is 22.7. The van der Waals surface area contributed by atoms with E-state index in [2.05, 4.69) is 359 Å². The van der Waals surface area contributed by atoms with Crippen LogP contribution in [0.5, 0.6) is 0 Å². The van der Waals surface area contributed by atoms with E-state index in [1.54, 1.807) is 0 Å². The Morgan fingerprint density at radius 3 is 0.946 bits per heavy atom. The van der Waals surface area contributed by atoms with E-state index in [1.165, 1.54) is 107 Å². The SMILES string of the molecule is c1ccc(-c2cccc(-c3ccccc3)c2-c2c3c(cc4c2[Se]c2cc(N(c5ccccc5)c5ccccc5)cc5c2B4c2ccccc2N5c2ccccc2)B2c4ccccc4N(c4ccccc4)c4cc(N(c5ccccc5)c5ccccc5)cc(c42)[Se]3)cc1. The monoisotopic (exact) mass is 1300 g/mol. The van der Waals surface area contributed by atoms with Gasteiger partial charge in [0.25, 0.3) is 0 Å². The molecule has 4 heterocycles. The first-order chi connectivity index (χ1) is 45.7. The fourth-order valence-corrected chi connectivity index (χ4v) is 20.8. The summed E-state index contributed by atoms with van der Waals surface area (Å²) in [6, 6.07) is 127. The summed E-state index contributed by atoms with van der Waals surface area (Å²) in [5.41, 5.74) is 29.7. The summed E-state index contributed by atoms with van der Waals surface area (Å²) in [5, 5.41) is 0. The molecule has 0 bridgehead atoms. The van der Waals surface area contributed by atoms with Crippen molar-refractivity contribution in [2.24, 2.45) is 0 Å². The van der Waals surface area contributed by atoms with Crippen molar-refractivity contribution in [3.05, 3.63) is 340 Å². The summed E-state index contributed by atoms with van der Waals surface area (Å²) in [5.74, 6) is 0. The third-order valence-corrected chi connectivity index (χ3v) is 23.7. The summed E-state index contributed by atoms with van der Waals surface area (Å²) in [6.45, 7) is -0.182. The van der Waals surface area contributed by atoms with Gasteiger partial charge in [-0.1, -0.05) is 0 Å². The van der Waals surface area contributed by atoms with E-state index in [9.17, 15) is 0 Å². The summed E-state index contributed by atoms with van der Waals surface area (Å²) in [6.07, 6.45) is 0. The summed E-state index contributed by atoms with van der Waals surface area (Å²) < 4.78 is 5.70. The standard InChI is InChI=1S/C84H56B2N4Se2/c1-9-30-57(31-10-1)67-46-29-47-68(58-32-11-2-12-33-58)79(67)80-83-71(85-69-48-25-27-50-73(69)89(63-42-21-7-22-43-63)75-52-65(54-77(91-83)81(75)85)87(59-34-13-3-14-35-59)60-36-15-4-16-37-60)56-72-84(80)92-78-55-66(88(61-38-17-5-18-39-61)62-40-19-6-20-41-62)53-76-82(78)86(72)70-49-26-28-51-74(70)90(76)64-44-23-8-24-45-64/h1-56H. The predicted octanol–water partition coefficient (Wildman–Crippen LogP) is 14.2. The van der Waals surface area contributed by atoms with Crippen molar-refractivity contribution >= 4 is 162 Å². The molecule has 0 atom stereocenters. The first kappa shape index (κ1) is 54.4. The zero-order valence-electron chi connectivity index (χ0n) is 50.1. The van der Waals surface area contributed by atoms with Crippen molar-refractivity contribution in [3.8, 4) is 33.4 Å². The maximum absolute atomic E-state index is 2.76. The molecule has 0 saturated carbocycles. The number of fused-ring (bicyclic) bond motifs is 8. The first-order valence-electron chi connectivity index (χ1n) is 31.6. The van der Waals surface area contributed by atoms with E-state index in [4.69, 9.17) is 0 Å². The molecule has 0 aromatic heterocycles. The van der Waals surface area contributed by atoms with Gasteiger partial charge in [-0.05, 0) is 0 Å². The van der Waals surface area contributed by atoms with Crippen LogP contribution < -0.4 is 70.2 Å². The molecule has 14 aromatic rings. The zero-order chi connectivity index (χ0) is 60.6. The molecule has 0 saturated heterocycles. The molecule has 18 rings (SSSR count). The number of hydrogen-bond acceptors (Lipinski definition) is 4. The van der Waals surface area contributed by atoms with E-state index >= 15 is 0 Å². The molecule has 0 N–H and O–H groups in total. The molecule has 0 radical (unpaired) electrons. The molecular formula is C84H56B2N4Se2. The summed E-state index contributed by atoms with van der Waals surface area (Å²) in [7, 11) is 0. The van der Waals surface area contributed by atoms with Gasteiger partial charge in [0.1, 0.15) is 0 Å². The van der Waals surface area contributed by atoms with Crippen LogP contribution in [0.2, 0.25) is 0 Å². The van der Waals surface area contributed by atoms with Crippen molar-refractivity contribution < 1.29 is 0 Å². The molecule has 4 nitrogen and oxygen atoms in total. The first-order valence-corrected chi connectivity index (χ1v) is 35.0. The molecule has 4 aliphatic rings. The van der Waals surface area contributed by atoms with Gasteiger partial charge in [0.2, 0.25) is 0 Å². The average Bonchev–Trinajstić information content (AvgIpc) is 0.691. The summed E-state index contributed by atoms with van der Waals surface area (Å²) in [4.78, 5) is 10.1. The second-order valence-corrected chi connectivity index (χ2v) is 28.3. The van der Waals surface area contributed by atoms with E-state index in [0.717, 1.165) is 45.5 Å². The predicted molar refractivity (Wildman–Crippen MR) is 394 cm³/mol. The quantitative estimate of drug-likeness (QED) is 0.120. The number of hydrogen-bond donors (Lipinski definition) is 0. The van der Waals surface area contributed by atoms with Gasteiger partial charge in [-0.3, -0.25) is 0 Å². The van der Waals surface area contributed by atoms with Crippen LogP contribution in [0.4, 0.5) is 68.2 Å². The number of rotatable bonds is 11. The van der Waals surface area contributed by atoms with Crippen LogP contribution in [-0.4, -0.2) is 43.3 Å². The Kier molecular flexibility index (Phi) is 13.4. The van der Waals surface area contributed by atoms with Crippen LogP contribution in [-0.2, 0) is 0 Å². The molecule has 92 heavy (non-hydrogen) atoms. The molecule has 4 aliphatic heterocycles. The van der Waals surface area contributed by atoms with Crippen LogP contribution in [0.25, 0.3) is 33.4 Å². The van der Waals surface area contributed by atoms with Crippen LogP contribution in [0, 0.1) is 0 Å². The number of nitrogens with zero attached hydrogens (tertiary/aromatic N) is 4. The van der Waals surface area contributed by atoms with Crippen LogP contribution in [0.15, 0.2) is 340 Å². The fraction of sp³-hybridized carbons (Fsp3) is 0. The van der Waals surface area contributed by atoms with E-state index in [-0.39, 0.29) is 43.3 Å². The molecule has 0 amide bonds. The van der Waals surface area contributed by atoms with Crippen molar-refractivity contribution in [1.82, 2.24) is 0 Å². The van der Waals surface area contributed by atoms with Gasteiger partial charge in [0, 0.05) is 0 Å². The topological polar surface area (TPSA) is 13.0 Å². The van der Waals surface area contributed by atoms with Crippen molar-refractivity contribution in [2.75, 3.05) is 19.6 Å². The Hall–Kier alpha value is -10.6. The van der Waals surface area contributed by atoms with Crippen LogP contribution in [0.3, 0.4) is 0 Å². The van der Waals surface area contributed by atoms with E-state index in [0.29, 0.717) is 0 Å². The Balaban J connectivity index is 0.984. The maximum atomic E-state index is 2.76. The van der Waals surface area contributed by atoms with Crippen molar-refractivity contribution in [1.29, 1.82) is 0 Å². The molecule has 0 fully saturated rings. The Morgan fingerprint density at radius 1 is 0.250 bits per heavy atom. The van der Waals surface area contributed by atoms with Gasteiger partial charge in [0.05, 0.1) is 0 Å². The van der Waals surface area contributed by atoms with Gasteiger partial charge in [0.15, 0.2) is 0 Å². The Bertz CT molecular complexity index is 4730. The van der Waals surface area contributed by atoms with Gasteiger partial charge in [-0.15, -0.1) is 0 Å². The molecular weight excluding hydrogens is 1240 g/mol. The minimum atomic E-state index is -0.225. The summed E-state index contributed by atoms with van der Waals surface area (Å²) >= 11 is -0.450. The van der Waals surface area contributed by atoms with Gasteiger partial charge in [-0.25, -0.2) is 0 Å². The molecule has 430 valence electrons. The molecule has 0 aliphatic carbocycles. The van der Waals surface area contributed by atoms with Crippen LogP contribution >= 0.6 is 0 Å². The molecule has 14 aromatic carbocycles. The average molecular weight is 1300 g/mol. The van der Waals surface area contributed by atoms with E-state index < -0.39 is 0 Å². The third kappa shape index (κ3) is 8.97. The van der Waals surface area contributed by atoms with Gasteiger partial charge >= 0.3 is 555 Å². The third-order valence-electron chi connectivity index (χ3n) is 18.7. The van der Waals surface area contributed by atoms with E-state index in [1.807, 2.05) is 0 Å². The van der Waals surface area contributed by atoms with Crippen molar-refractivity contribution in [2.45, 2.75) is 0 Å². The second-order valence-electron chi connectivity index (χ2n) is 23.8. The zero-order valence-corrected chi connectivity index (χ0v) is 53.5. The molecule has 8 heteroatoms. The number of benzene rings is 14. The normalized spacial score (nSPS) is 12.8.